The van der Waals surface area contributed by atoms with Crippen LogP contribution in [0.15, 0.2) is 6.07 Å². The summed E-state index contributed by atoms with van der Waals surface area (Å²) in [4.78, 5) is 15.1. The molecule has 96 valence electrons. The van der Waals surface area contributed by atoms with Crippen LogP contribution in [0.5, 0.6) is 0 Å². The third-order valence-corrected chi connectivity index (χ3v) is 2.68. The van der Waals surface area contributed by atoms with Gasteiger partial charge in [0.25, 0.3) is 6.43 Å². The number of aromatic nitrogens is 1. The molecule has 0 N–H and O–H groups in total. The van der Waals surface area contributed by atoms with Gasteiger partial charge in [0.2, 0.25) is 0 Å². The summed E-state index contributed by atoms with van der Waals surface area (Å²) >= 11 is 3.08. The van der Waals surface area contributed by atoms with E-state index in [0.717, 1.165) is 6.07 Å². The predicted octanol–water partition coefficient (Wildman–Crippen LogP) is 2.96. The molecule has 0 radical (unpaired) electrons. The topological polar surface area (TPSA) is 63.0 Å². The fourth-order valence-electron chi connectivity index (χ4n) is 1.35. The maximum atomic E-state index is 12.6. The third-order valence-electron chi connectivity index (χ3n) is 2.07. The SMILES string of the molecule is CCOC(=O)c1c(CBr)cc(C(F)F)nc1C#N. The van der Waals surface area contributed by atoms with Crippen molar-refractivity contribution in [2.45, 2.75) is 18.7 Å². The van der Waals surface area contributed by atoms with Crippen LogP contribution in [0.1, 0.15) is 40.7 Å². The molecule has 7 heteroatoms. The second kappa shape index (κ2) is 6.40. The number of halogens is 3. The zero-order valence-electron chi connectivity index (χ0n) is 9.41. The summed E-state index contributed by atoms with van der Waals surface area (Å²) in [7, 11) is 0. The first kappa shape index (κ1) is 14.5. The van der Waals surface area contributed by atoms with Crippen LogP contribution in [-0.4, -0.2) is 17.6 Å². The Labute approximate surface area is 111 Å². The van der Waals surface area contributed by atoms with Crippen molar-refractivity contribution in [1.29, 1.82) is 5.26 Å². The van der Waals surface area contributed by atoms with Gasteiger partial charge in [-0.2, -0.15) is 5.26 Å². The highest BCUT2D eigenvalue weighted by Gasteiger charge is 2.22. The molecule has 4 nitrogen and oxygen atoms in total. The Bertz CT molecular complexity index is 501. The first-order chi connectivity index (χ1) is 8.54. The molecule has 1 heterocycles. The lowest BCUT2D eigenvalue weighted by molar-refractivity contribution is 0.0524. The summed E-state index contributed by atoms with van der Waals surface area (Å²) < 4.78 is 29.9. The van der Waals surface area contributed by atoms with E-state index < -0.39 is 18.1 Å². The number of alkyl halides is 3. The second-order valence-electron chi connectivity index (χ2n) is 3.20. The first-order valence-electron chi connectivity index (χ1n) is 5.00. The molecule has 0 bridgehead atoms. The minimum atomic E-state index is -2.80. The summed E-state index contributed by atoms with van der Waals surface area (Å²) in [6.07, 6.45) is -2.80. The molecule has 0 saturated heterocycles. The van der Waals surface area contributed by atoms with Crippen LogP contribution in [-0.2, 0) is 10.1 Å². The number of rotatable bonds is 4. The molecule has 1 aromatic rings. The van der Waals surface area contributed by atoms with Crippen LogP contribution < -0.4 is 0 Å². The van der Waals surface area contributed by atoms with E-state index in [1.54, 1.807) is 13.0 Å². The number of nitrogens with zero attached hydrogens (tertiary/aromatic N) is 2. The van der Waals surface area contributed by atoms with Crippen LogP contribution in [0, 0.1) is 11.3 Å². The van der Waals surface area contributed by atoms with Crippen molar-refractivity contribution < 1.29 is 18.3 Å². The van der Waals surface area contributed by atoms with E-state index in [0.29, 0.717) is 0 Å². The van der Waals surface area contributed by atoms with Gasteiger partial charge in [0.15, 0.2) is 5.69 Å². The van der Waals surface area contributed by atoms with Crippen LogP contribution >= 0.6 is 15.9 Å². The van der Waals surface area contributed by atoms with Crippen molar-refractivity contribution >= 4 is 21.9 Å². The van der Waals surface area contributed by atoms with Gasteiger partial charge < -0.3 is 4.74 Å². The molecule has 0 aliphatic carbocycles. The zero-order valence-corrected chi connectivity index (χ0v) is 11.0. The maximum Gasteiger partial charge on any atom is 0.341 e. The molecule has 0 spiro atoms. The molecular formula is C11H9BrF2N2O2. The molecule has 0 fully saturated rings. The van der Waals surface area contributed by atoms with Crippen molar-refractivity contribution in [3.8, 4) is 6.07 Å². The third kappa shape index (κ3) is 3.01. The fourth-order valence-corrected chi connectivity index (χ4v) is 1.79. The number of carbonyl (C=O) groups is 1. The first-order valence-corrected chi connectivity index (χ1v) is 6.12. The van der Waals surface area contributed by atoms with Gasteiger partial charge in [-0.15, -0.1) is 0 Å². The number of esters is 1. The van der Waals surface area contributed by atoms with Crippen molar-refractivity contribution in [2.75, 3.05) is 6.61 Å². The average Bonchev–Trinajstić information content (AvgIpc) is 2.36. The van der Waals surface area contributed by atoms with Gasteiger partial charge in [0.1, 0.15) is 17.3 Å². The molecular weight excluding hydrogens is 310 g/mol. The molecule has 18 heavy (non-hydrogen) atoms. The van der Waals surface area contributed by atoms with Gasteiger partial charge in [-0.3, -0.25) is 0 Å². The van der Waals surface area contributed by atoms with Crippen LogP contribution in [0.25, 0.3) is 0 Å². The van der Waals surface area contributed by atoms with Crippen LogP contribution in [0.4, 0.5) is 8.78 Å². The fraction of sp³-hybridized carbons (Fsp3) is 0.364. The quantitative estimate of drug-likeness (QED) is 0.632. The number of nitriles is 1. The van der Waals surface area contributed by atoms with E-state index in [1.807, 2.05) is 0 Å². The van der Waals surface area contributed by atoms with Gasteiger partial charge >= 0.3 is 5.97 Å². The number of ether oxygens (including phenoxy) is 1. The Hall–Kier alpha value is -1.55. The lowest BCUT2D eigenvalue weighted by Gasteiger charge is -2.10. The van der Waals surface area contributed by atoms with Crippen LogP contribution in [0.3, 0.4) is 0 Å². The van der Waals surface area contributed by atoms with E-state index in [-0.39, 0.29) is 28.8 Å². The zero-order chi connectivity index (χ0) is 13.7. The van der Waals surface area contributed by atoms with Gasteiger partial charge in [-0.05, 0) is 18.6 Å². The Kier molecular flexibility index (Phi) is 5.16. The number of hydrogen-bond acceptors (Lipinski definition) is 4. The average molecular weight is 319 g/mol. The Balaban J connectivity index is 3.40. The lowest BCUT2D eigenvalue weighted by atomic mass is 10.1. The van der Waals surface area contributed by atoms with Crippen LogP contribution in [0.2, 0.25) is 0 Å². The van der Waals surface area contributed by atoms with Gasteiger partial charge in [0, 0.05) is 5.33 Å². The van der Waals surface area contributed by atoms with E-state index in [9.17, 15) is 13.6 Å². The second-order valence-corrected chi connectivity index (χ2v) is 3.76. The molecule has 0 amide bonds. The largest absolute Gasteiger partial charge is 0.462 e. The van der Waals surface area contributed by atoms with Gasteiger partial charge in [-0.25, -0.2) is 18.6 Å². The predicted molar refractivity (Wildman–Crippen MR) is 62.5 cm³/mol. The molecule has 1 aromatic heterocycles. The van der Waals surface area contributed by atoms with Gasteiger partial charge in [0.05, 0.1) is 6.61 Å². The minimum absolute atomic E-state index is 0.0689. The van der Waals surface area contributed by atoms with E-state index in [1.165, 1.54) is 0 Å². The highest BCUT2D eigenvalue weighted by molar-refractivity contribution is 9.08. The standard InChI is InChI=1S/C11H9BrF2N2O2/c1-2-18-11(17)9-6(4-12)3-7(10(13)14)16-8(9)5-15/h3,10H,2,4H2,1H3. The number of pyridine rings is 1. The summed E-state index contributed by atoms with van der Waals surface area (Å²) in [5.74, 6) is -0.739. The lowest BCUT2D eigenvalue weighted by Crippen LogP contribution is -2.13. The van der Waals surface area contributed by atoms with Crippen molar-refractivity contribution in [2.24, 2.45) is 0 Å². The summed E-state index contributed by atoms with van der Waals surface area (Å²) in [6, 6.07) is 2.73. The summed E-state index contributed by atoms with van der Waals surface area (Å²) in [5, 5.41) is 9.03. The van der Waals surface area contributed by atoms with E-state index >= 15 is 0 Å². The van der Waals surface area contributed by atoms with Gasteiger partial charge in [-0.1, -0.05) is 15.9 Å². The van der Waals surface area contributed by atoms with Crippen molar-refractivity contribution in [1.82, 2.24) is 4.98 Å². The molecule has 0 aliphatic rings. The number of hydrogen-bond donors (Lipinski definition) is 0. The van der Waals surface area contributed by atoms with E-state index in [4.69, 9.17) is 10.00 Å². The summed E-state index contributed by atoms with van der Waals surface area (Å²) in [6.45, 7) is 1.74. The highest BCUT2D eigenvalue weighted by atomic mass is 79.9. The van der Waals surface area contributed by atoms with Crippen molar-refractivity contribution in [3.05, 3.63) is 28.6 Å². The highest BCUT2D eigenvalue weighted by Crippen LogP contribution is 2.24. The molecule has 0 saturated carbocycles. The maximum absolute atomic E-state index is 12.6. The minimum Gasteiger partial charge on any atom is -0.462 e. The number of carbonyl (C=O) groups excluding carboxylic acids is 1. The van der Waals surface area contributed by atoms with E-state index in [2.05, 4.69) is 20.9 Å². The Morgan fingerprint density at radius 2 is 2.33 bits per heavy atom. The Morgan fingerprint density at radius 1 is 1.67 bits per heavy atom. The molecule has 0 aromatic carbocycles. The molecule has 0 aliphatic heterocycles. The normalized spacial score (nSPS) is 10.2. The molecule has 0 atom stereocenters. The smallest absolute Gasteiger partial charge is 0.341 e. The monoisotopic (exact) mass is 318 g/mol. The molecule has 1 rings (SSSR count). The summed E-state index contributed by atoms with van der Waals surface area (Å²) in [5.41, 5.74) is -0.689. The molecule has 0 unspecified atom stereocenters. The van der Waals surface area contributed by atoms with Crippen molar-refractivity contribution in [3.63, 3.8) is 0 Å². The Morgan fingerprint density at radius 3 is 2.78 bits per heavy atom.